The molecule has 0 spiro atoms. The lowest BCUT2D eigenvalue weighted by Crippen LogP contribution is -2.36. The molecule has 104 valence electrons. The summed E-state index contributed by atoms with van der Waals surface area (Å²) in [6.45, 7) is 0.212. The topological polar surface area (TPSA) is 62.1 Å². The molecule has 0 saturated heterocycles. The maximum absolute atomic E-state index is 12.2. The van der Waals surface area contributed by atoms with Crippen molar-refractivity contribution in [2.45, 2.75) is 6.04 Å². The van der Waals surface area contributed by atoms with Gasteiger partial charge in [0, 0.05) is 11.8 Å². The van der Waals surface area contributed by atoms with E-state index in [1.165, 1.54) is 6.21 Å². The average Bonchev–Trinajstić information content (AvgIpc) is 2.49. The second-order valence-corrected chi connectivity index (χ2v) is 4.31. The van der Waals surface area contributed by atoms with Crippen molar-refractivity contribution >= 4 is 12.0 Å². The summed E-state index contributed by atoms with van der Waals surface area (Å²) in [5, 5.41) is 11.7. The second-order valence-electron chi connectivity index (χ2n) is 4.31. The van der Waals surface area contributed by atoms with Crippen LogP contribution in [0.3, 0.4) is 0 Å². The van der Waals surface area contributed by atoms with Crippen LogP contribution in [0.1, 0.15) is 10.4 Å². The summed E-state index contributed by atoms with van der Waals surface area (Å²) in [6.07, 6.45) is 8.71. The van der Waals surface area contributed by atoms with Gasteiger partial charge in [-0.1, -0.05) is 17.3 Å². The number of ether oxygens (including phenoxy) is 1. The Labute approximate surface area is 117 Å². The average molecular weight is 272 g/mol. The van der Waals surface area contributed by atoms with E-state index in [2.05, 4.69) is 5.16 Å². The van der Waals surface area contributed by atoms with Crippen LogP contribution in [0.25, 0.3) is 0 Å². The zero-order chi connectivity index (χ0) is 14.4. The van der Waals surface area contributed by atoms with E-state index in [0.29, 0.717) is 11.3 Å². The fourth-order valence-electron chi connectivity index (χ4n) is 1.94. The third-order valence-electron chi connectivity index (χ3n) is 3.04. The highest BCUT2D eigenvalue weighted by molar-refractivity contribution is 5.98. The van der Waals surface area contributed by atoms with E-state index >= 15 is 0 Å². The number of carbonyl (C=O) groups excluding carboxylic acids is 1. The van der Waals surface area contributed by atoms with Crippen molar-refractivity contribution in [2.24, 2.45) is 5.16 Å². The monoisotopic (exact) mass is 272 g/mol. The molecule has 5 heteroatoms. The van der Waals surface area contributed by atoms with Gasteiger partial charge in [0.2, 0.25) is 0 Å². The first-order valence-corrected chi connectivity index (χ1v) is 6.20. The van der Waals surface area contributed by atoms with Crippen molar-refractivity contribution in [3.8, 4) is 5.75 Å². The molecule has 1 aromatic carbocycles. The smallest absolute Gasteiger partial charge is 0.182 e. The lowest BCUT2D eigenvalue weighted by molar-refractivity contribution is 0.0953. The fourth-order valence-corrected chi connectivity index (χ4v) is 1.94. The van der Waals surface area contributed by atoms with Gasteiger partial charge >= 0.3 is 0 Å². The molecule has 5 nitrogen and oxygen atoms in total. The number of benzene rings is 1. The molecule has 0 aliphatic carbocycles. The number of ketones is 1. The number of hydrogen-bond donors (Lipinski definition) is 1. The van der Waals surface area contributed by atoms with Gasteiger partial charge in [0.05, 0.1) is 25.9 Å². The predicted octanol–water partition coefficient (Wildman–Crippen LogP) is 2.09. The van der Waals surface area contributed by atoms with Gasteiger partial charge in [-0.05, 0) is 30.3 Å². The Morgan fingerprint density at radius 1 is 1.40 bits per heavy atom. The van der Waals surface area contributed by atoms with Gasteiger partial charge < -0.3 is 14.8 Å². The molecule has 0 saturated carbocycles. The Balaban J connectivity index is 2.06. The van der Waals surface area contributed by atoms with Crippen LogP contribution in [0.2, 0.25) is 0 Å². The second kappa shape index (κ2) is 6.56. The highest BCUT2D eigenvalue weighted by Crippen LogP contribution is 2.14. The molecule has 0 aromatic heterocycles. The Morgan fingerprint density at radius 2 is 2.15 bits per heavy atom. The summed E-state index contributed by atoms with van der Waals surface area (Å²) in [6, 6.07) is 6.77. The van der Waals surface area contributed by atoms with Crippen molar-refractivity contribution in [3.05, 3.63) is 54.3 Å². The summed E-state index contributed by atoms with van der Waals surface area (Å²) in [5.41, 5.74) is 0.619. The molecular formula is C15H16N2O3. The largest absolute Gasteiger partial charge is 0.497 e. The summed E-state index contributed by atoms with van der Waals surface area (Å²) in [4.78, 5) is 14.0. The summed E-state index contributed by atoms with van der Waals surface area (Å²) in [5.74, 6) is 0.705. The normalized spacial score (nSPS) is 17.6. The summed E-state index contributed by atoms with van der Waals surface area (Å²) < 4.78 is 5.06. The molecule has 1 unspecified atom stereocenters. The molecule has 20 heavy (non-hydrogen) atoms. The Kier molecular flexibility index (Phi) is 4.55. The quantitative estimate of drug-likeness (QED) is 0.386. The molecule has 1 atom stereocenters. The van der Waals surface area contributed by atoms with E-state index in [1.54, 1.807) is 42.5 Å². The SMILES string of the molecule is COc1ccc(C(=O)CN2C=CC=CC2C=NO)cc1. The van der Waals surface area contributed by atoms with Crippen LogP contribution >= 0.6 is 0 Å². The molecule has 1 aromatic rings. The van der Waals surface area contributed by atoms with E-state index in [-0.39, 0.29) is 18.4 Å². The molecular weight excluding hydrogens is 256 g/mol. The highest BCUT2D eigenvalue weighted by atomic mass is 16.5. The van der Waals surface area contributed by atoms with Crippen LogP contribution in [-0.2, 0) is 0 Å². The number of allylic oxidation sites excluding steroid dienone is 2. The van der Waals surface area contributed by atoms with Gasteiger partial charge in [0.15, 0.2) is 5.78 Å². The predicted molar refractivity (Wildman–Crippen MR) is 76.4 cm³/mol. The van der Waals surface area contributed by atoms with Crippen LogP contribution in [0, 0.1) is 0 Å². The Bertz CT molecular complexity index is 547. The number of carbonyl (C=O) groups is 1. The number of oxime groups is 1. The number of hydrogen-bond acceptors (Lipinski definition) is 5. The minimum absolute atomic E-state index is 0.0102. The first-order chi connectivity index (χ1) is 9.74. The van der Waals surface area contributed by atoms with E-state index < -0.39 is 0 Å². The molecule has 2 rings (SSSR count). The maximum atomic E-state index is 12.2. The van der Waals surface area contributed by atoms with Crippen molar-refractivity contribution in [1.29, 1.82) is 0 Å². The first-order valence-electron chi connectivity index (χ1n) is 6.20. The molecule has 0 amide bonds. The number of methoxy groups -OCH3 is 1. The minimum atomic E-state index is -0.216. The Hall–Kier alpha value is -2.56. The third kappa shape index (κ3) is 3.26. The number of nitrogens with zero attached hydrogens (tertiary/aromatic N) is 2. The molecule has 0 radical (unpaired) electrons. The van der Waals surface area contributed by atoms with Gasteiger partial charge in [0.25, 0.3) is 0 Å². The van der Waals surface area contributed by atoms with Gasteiger partial charge in [-0.25, -0.2) is 0 Å². The lowest BCUT2D eigenvalue weighted by atomic mass is 10.1. The fraction of sp³-hybridized carbons (Fsp3) is 0.200. The van der Waals surface area contributed by atoms with Crippen LogP contribution in [-0.4, -0.2) is 41.8 Å². The first kappa shape index (κ1) is 13.9. The van der Waals surface area contributed by atoms with E-state index in [4.69, 9.17) is 9.94 Å². The van der Waals surface area contributed by atoms with Crippen LogP contribution in [0.5, 0.6) is 5.75 Å². The molecule has 0 fully saturated rings. The number of rotatable bonds is 5. The maximum Gasteiger partial charge on any atom is 0.182 e. The zero-order valence-electron chi connectivity index (χ0n) is 11.1. The Morgan fingerprint density at radius 3 is 2.80 bits per heavy atom. The molecule has 0 bridgehead atoms. The van der Waals surface area contributed by atoms with Crippen LogP contribution in [0.4, 0.5) is 0 Å². The van der Waals surface area contributed by atoms with Crippen LogP contribution < -0.4 is 4.74 Å². The van der Waals surface area contributed by atoms with Gasteiger partial charge in [-0.3, -0.25) is 4.79 Å². The minimum Gasteiger partial charge on any atom is -0.497 e. The van der Waals surface area contributed by atoms with Gasteiger partial charge in [-0.15, -0.1) is 0 Å². The molecule has 1 N–H and O–H groups in total. The van der Waals surface area contributed by atoms with Gasteiger partial charge in [0.1, 0.15) is 5.75 Å². The van der Waals surface area contributed by atoms with Crippen molar-refractivity contribution in [1.82, 2.24) is 4.90 Å². The molecule has 1 aliphatic rings. The highest BCUT2D eigenvalue weighted by Gasteiger charge is 2.17. The van der Waals surface area contributed by atoms with Crippen LogP contribution in [0.15, 0.2) is 53.8 Å². The van der Waals surface area contributed by atoms with E-state index in [0.717, 1.165) is 0 Å². The molecule has 1 aliphatic heterocycles. The standard InChI is InChI=1S/C15H16N2O3/c1-20-14-7-5-12(6-8-14)15(18)11-17-9-3-2-4-13(17)10-16-19/h2-10,13,19H,11H2,1H3. The summed E-state index contributed by atoms with van der Waals surface area (Å²) in [7, 11) is 1.58. The van der Waals surface area contributed by atoms with Crippen molar-refractivity contribution in [2.75, 3.05) is 13.7 Å². The zero-order valence-corrected chi connectivity index (χ0v) is 11.1. The van der Waals surface area contributed by atoms with Gasteiger partial charge in [-0.2, -0.15) is 0 Å². The van der Waals surface area contributed by atoms with E-state index in [9.17, 15) is 4.79 Å². The summed E-state index contributed by atoms with van der Waals surface area (Å²) >= 11 is 0. The molecule has 1 heterocycles. The van der Waals surface area contributed by atoms with Crippen molar-refractivity contribution in [3.63, 3.8) is 0 Å². The third-order valence-corrected chi connectivity index (χ3v) is 3.04. The van der Waals surface area contributed by atoms with E-state index in [1.807, 2.05) is 18.2 Å². The number of Topliss-reactive ketones (excluding diaryl/α,β-unsaturated/α-hetero) is 1. The van der Waals surface area contributed by atoms with Crippen molar-refractivity contribution < 1.29 is 14.7 Å². The lowest BCUT2D eigenvalue weighted by Gasteiger charge is -2.26.